The van der Waals surface area contributed by atoms with Crippen LogP contribution in [0, 0.1) is 13.8 Å². The second-order valence-corrected chi connectivity index (χ2v) is 9.14. The zero-order chi connectivity index (χ0) is 20.6. The van der Waals surface area contributed by atoms with E-state index >= 15 is 0 Å². The van der Waals surface area contributed by atoms with Crippen molar-refractivity contribution in [3.63, 3.8) is 0 Å². The minimum absolute atomic E-state index is 0.0621. The Balaban J connectivity index is 1.72. The summed E-state index contributed by atoms with van der Waals surface area (Å²) in [6, 6.07) is 1.41. The molecule has 1 aliphatic heterocycles. The molecule has 0 saturated carbocycles. The maximum absolute atomic E-state index is 12.7. The standard InChI is InChI=1S/C17H23N5O5S/c1-5-21(13-6-7-28(25,26)9-13)15(23)12(4)27-16(24)14-19-17-18-10(2)8-11(3)22(17)20-14/h8,12-13H,5-7,9H2,1-4H3/t12-,13+/m1/s1. The molecule has 1 saturated heterocycles. The molecule has 0 radical (unpaired) electrons. The van der Waals surface area contributed by atoms with E-state index in [1.165, 1.54) is 16.3 Å². The van der Waals surface area contributed by atoms with Crippen LogP contribution in [0.5, 0.6) is 0 Å². The summed E-state index contributed by atoms with van der Waals surface area (Å²) < 4.78 is 30.1. The Bertz CT molecular complexity index is 1030. The highest BCUT2D eigenvalue weighted by molar-refractivity contribution is 7.91. The summed E-state index contributed by atoms with van der Waals surface area (Å²) in [6.07, 6.45) is -0.695. The fourth-order valence-corrected chi connectivity index (χ4v) is 5.10. The summed E-state index contributed by atoms with van der Waals surface area (Å²) >= 11 is 0. The number of rotatable bonds is 5. The number of hydrogen-bond donors (Lipinski definition) is 0. The summed E-state index contributed by atoms with van der Waals surface area (Å²) in [5.41, 5.74) is 1.50. The molecule has 2 aromatic heterocycles. The molecule has 0 spiro atoms. The van der Waals surface area contributed by atoms with Gasteiger partial charge in [0.2, 0.25) is 0 Å². The second-order valence-electron chi connectivity index (χ2n) is 6.91. The number of sulfone groups is 1. The van der Waals surface area contributed by atoms with Gasteiger partial charge in [0.15, 0.2) is 15.9 Å². The number of amides is 1. The van der Waals surface area contributed by atoms with Crippen LogP contribution in [0.15, 0.2) is 6.07 Å². The minimum atomic E-state index is -3.13. The largest absolute Gasteiger partial charge is 0.447 e. The normalized spacial score (nSPS) is 19.5. The lowest BCUT2D eigenvalue weighted by atomic mass is 10.2. The van der Waals surface area contributed by atoms with Gasteiger partial charge < -0.3 is 9.64 Å². The molecule has 2 atom stereocenters. The first-order chi connectivity index (χ1) is 13.1. The third-order valence-electron chi connectivity index (χ3n) is 4.71. The Labute approximate surface area is 162 Å². The molecule has 2 aromatic rings. The van der Waals surface area contributed by atoms with Crippen LogP contribution in [0.25, 0.3) is 5.78 Å². The van der Waals surface area contributed by atoms with E-state index in [1.54, 1.807) is 13.0 Å². The molecule has 0 bridgehead atoms. The molecule has 152 valence electrons. The van der Waals surface area contributed by atoms with Gasteiger partial charge >= 0.3 is 5.97 Å². The van der Waals surface area contributed by atoms with Crippen LogP contribution in [0.1, 0.15) is 42.3 Å². The van der Waals surface area contributed by atoms with Crippen molar-refractivity contribution in [2.75, 3.05) is 18.1 Å². The topological polar surface area (TPSA) is 124 Å². The van der Waals surface area contributed by atoms with Gasteiger partial charge in [0.05, 0.1) is 11.5 Å². The zero-order valence-corrected chi connectivity index (χ0v) is 17.1. The Morgan fingerprint density at radius 1 is 1.36 bits per heavy atom. The number of likely N-dealkylation sites (N-methyl/N-ethyl adjacent to an activating group) is 1. The first-order valence-electron chi connectivity index (χ1n) is 9.04. The van der Waals surface area contributed by atoms with Gasteiger partial charge in [-0.2, -0.15) is 4.98 Å². The molecular formula is C17H23N5O5S. The Kier molecular flexibility index (Phi) is 5.37. The number of aromatic nitrogens is 4. The first kappa shape index (κ1) is 20.2. The third kappa shape index (κ3) is 3.98. The number of carbonyl (C=O) groups excluding carboxylic acids is 2. The summed E-state index contributed by atoms with van der Waals surface area (Å²) in [4.78, 5) is 34.8. The minimum Gasteiger partial charge on any atom is -0.447 e. The van der Waals surface area contributed by atoms with E-state index in [0.717, 1.165) is 11.4 Å². The van der Waals surface area contributed by atoms with Gasteiger partial charge in [0.25, 0.3) is 17.5 Å². The monoisotopic (exact) mass is 409 g/mol. The predicted octanol–water partition coefficient (Wildman–Crippen LogP) is 0.322. The lowest BCUT2D eigenvalue weighted by molar-refractivity contribution is -0.141. The quantitative estimate of drug-likeness (QED) is 0.647. The Morgan fingerprint density at radius 2 is 2.07 bits per heavy atom. The summed E-state index contributed by atoms with van der Waals surface area (Å²) in [6.45, 7) is 7.17. The molecule has 3 heterocycles. The summed E-state index contributed by atoms with van der Waals surface area (Å²) in [5, 5.41) is 4.09. The van der Waals surface area contributed by atoms with E-state index in [-0.39, 0.29) is 23.1 Å². The summed E-state index contributed by atoms with van der Waals surface area (Å²) in [5.74, 6) is -1.19. The Hall–Kier alpha value is -2.56. The van der Waals surface area contributed by atoms with Crippen LogP contribution in [0.4, 0.5) is 0 Å². The molecular weight excluding hydrogens is 386 g/mol. The van der Waals surface area contributed by atoms with Crippen molar-refractivity contribution in [3.8, 4) is 0 Å². The SMILES string of the molecule is CCN(C(=O)[C@@H](C)OC(=O)c1nc2nc(C)cc(C)n2n1)[C@H]1CCS(=O)(=O)C1. The van der Waals surface area contributed by atoms with E-state index < -0.39 is 33.9 Å². The number of ether oxygens (including phenoxy) is 1. The van der Waals surface area contributed by atoms with E-state index in [0.29, 0.717) is 13.0 Å². The fourth-order valence-electron chi connectivity index (χ4n) is 3.37. The van der Waals surface area contributed by atoms with Gasteiger partial charge in [0.1, 0.15) is 0 Å². The molecule has 0 N–H and O–H groups in total. The highest BCUT2D eigenvalue weighted by Gasteiger charge is 2.36. The van der Waals surface area contributed by atoms with Gasteiger partial charge in [-0.3, -0.25) is 4.79 Å². The molecule has 0 aliphatic carbocycles. The summed E-state index contributed by atoms with van der Waals surface area (Å²) in [7, 11) is -3.13. The predicted molar refractivity (Wildman–Crippen MR) is 99.6 cm³/mol. The van der Waals surface area contributed by atoms with Gasteiger partial charge in [-0.15, -0.1) is 5.10 Å². The second kappa shape index (κ2) is 7.46. The highest BCUT2D eigenvalue weighted by Crippen LogP contribution is 2.19. The lowest BCUT2D eigenvalue weighted by Crippen LogP contribution is -2.46. The van der Waals surface area contributed by atoms with Crippen LogP contribution < -0.4 is 0 Å². The fraction of sp³-hybridized carbons (Fsp3) is 0.588. The van der Waals surface area contributed by atoms with E-state index in [2.05, 4.69) is 15.1 Å². The Morgan fingerprint density at radius 3 is 2.68 bits per heavy atom. The van der Waals surface area contributed by atoms with Crippen molar-refractivity contribution in [1.29, 1.82) is 0 Å². The molecule has 0 unspecified atom stereocenters. The number of hydrogen-bond acceptors (Lipinski definition) is 8. The average Bonchev–Trinajstić information content (AvgIpc) is 3.18. The molecule has 10 nitrogen and oxygen atoms in total. The van der Waals surface area contributed by atoms with Gasteiger partial charge in [-0.1, -0.05) is 0 Å². The van der Waals surface area contributed by atoms with E-state index in [4.69, 9.17) is 4.74 Å². The maximum atomic E-state index is 12.7. The van der Waals surface area contributed by atoms with Crippen molar-refractivity contribution >= 4 is 27.5 Å². The molecule has 1 amide bonds. The van der Waals surface area contributed by atoms with Crippen molar-refractivity contribution < 1.29 is 22.7 Å². The van der Waals surface area contributed by atoms with Crippen molar-refractivity contribution in [1.82, 2.24) is 24.5 Å². The third-order valence-corrected chi connectivity index (χ3v) is 6.46. The van der Waals surface area contributed by atoms with Crippen LogP contribution in [-0.2, 0) is 19.4 Å². The van der Waals surface area contributed by atoms with Gasteiger partial charge in [-0.05, 0) is 40.2 Å². The number of fused-ring (bicyclic) bond motifs is 1. The van der Waals surface area contributed by atoms with Gasteiger partial charge in [0, 0.05) is 24.0 Å². The first-order valence-corrected chi connectivity index (χ1v) is 10.9. The highest BCUT2D eigenvalue weighted by atomic mass is 32.2. The van der Waals surface area contributed by atoms with Gasteiger partial charge in [-0.25, -0.2) is 22.7 Å². The maximum Gasteiger partial charge on any atom is 0.379 e. The van der Waals surface area contributed by atoms with Crippen LogP contribution in [0.3, 0.4) is 0 Å². The molecule has 28 heavy (non-hydrogen) atoms. The molecule has 1 fully saturated rings. The molecule has 0 aromatic carbocycles. The molecule has 11 heteroatoms. The zero-order valence-electron chi connectivity index (χ0n) is 16.2. The van der Waals surface area contributed by atoms with Crippen LogP contribution >= 0.6 is 0 Å². The van der Waals surface area contributed by atoms with Crippen LogP contribution in [0.2, 0.25) is 0 Å². The number of esters is 1. The van der Waals surface area contributed by atoms with Crippen molar-refractivity contribution in [2.45, 2.75) is 46.3 Å². The van der Waals surface area contributed by atoms with Crippen molar-refractivity contribution in [2.24, 2.45) is 0 Å². The molecule has 1 aliphatic rings. The van der Waals surface area contributed by atoms with E-state index in [9.17, 15) is 18.0 Å². The smallest absolute Gasteiger partial charge is 0.379 e. The average molecular weight is 409 g/mol. The number of aryl methyl sites for hydroxylation is 2. The number of nitrogens with zero attached hydrogens (tertiary/aromatic N) is 5. The van der Waals surface area contributed by atoms with Crippen molar-refractivity contribution in [3.05, 3.63) is 23.3 Å². The van der Waals surface area contributed by atoms with E-state index in [1.807, 2.05) is 13.8 Å². The van der Waals surface area contributed by atoms with Crippen LogP contribution in [-0.4, -0.2) is 75.0 Å². The molecule has 3 rings (SSSR count). The lowest BCUT2D eigenvalue weighted by Gasteiger charge is -2.29. The number of carbonyl (C=O) groups is 2.